The van der Waals surface area contributed by atoms with Crippen LogP contribution in [0.25, 0.3) is 22.2 Å². The Morgan fingerprint density at radius 1 is 1.07 bits per heavy atom. The molecule has 0 amide bonds. The molecule has 2 saturated heterocycles. The molecule has 1 unspecified atom stereocenters. The molecule has 22 heteroatoms. The number of ether oxygens (including phenoxy) is 2. The van der Waals surface area contributed by atoms with Crippen molar-refractivity contribution in [2.75, 3.05) is 24.7 Å². The number of aliphatic hydroxyl groups excluding tert-OH is 4. The van der Waals surface area contributed by atoms with Crippen molar-refractivity contribution in [3.05, 3.63) is 34.8 Å². The number of nitrogens with two attached hydrogens (primary N) is 2. The lowest BCUT2D eigenvalue weighted by atomic mass is 10.1. The van der Waals surface area contributed by atoms with Crippen LogP contribution in [0, 0.1) is 11.3 Å². The van der Waals surface area contributed by atoms with Gasteiger partial charge in [0.2, 0.25) is 5.95 Å². The normalized spacial score (nSPS) is 30.2. The molecule has 6 rings (SSSR count). The maximum absolute atomic E-state index is 13.0. The maximum atomic E-state index is 13.0. The molecule has 0 aliphatic carbocycles. The van der Waals surface area contributed by atoms with E-state index in [0.717, 1.165) is 17.2 Å². The molecule has 6 heterocycles. The summed E-state index contributed by atoms with van der Waals surface area (Å²) in [5.74, 6) is -0.260. The van der Waals surface area contributed by atoms with Gasteiger partial charge in [-0.2, -0.15) is 10.2 Å². The molecular formula is C22H25N10O11P. The van der Waals surface area contributed by atoms with Gasteiger partial charge in [0, 0.05) is 6.20 Å². The molecule has 4 aromatic rings. The van der Waals surface area contributed by atoms with E-state index in [0.29, 0.717) is 0 Å². The number of rotatable bonds is 8. The number of hydrogen-bond donors (Lipinski definition) is 8. The fraction of sp³-hybridized carbons (Fsp3) is 0.455. The van der Waals surface area contributed by atoms with Gasteiger partial charge in [-0.15, -0.1) is 0 Å². The monoisotopic (exact) mass is 636 g/mol. The van der Waals surface area contributed by atoms with Gasteiger partial charge in [-0.25, -0.2) is 19.5 Å². The molecule has 0 radical (unpaired) electrons. The first-order chi connectivity index (χ1) is 20.9. The molecule has 234 valence electrons. The molecule has 4 aromatic heterocycles. The minimum atomic E-state index is -5.10. The Morgan fingerprint density at radius 2 is 1.82 bits per heavy atom. The van der Waals surface area contributed by atoms with Crippen molar-refractivity contribution in [1.29, 1.82) is 5.26 Å². The highest BCUT2D eigenvalue weighted by Gasteiger charge is 2.50. The lowest BCUT2D eigenvalue weighted by Gasteiger charge is -2.24. The van der Waals surface area contributed by atoms with Crippen LogP contribution in [-0.2, 0) is 23.1 Å². The summed E-state index contributed by atoms with van der Waals surface area (Å²) in [7, 11) is -5.10. The Hall–Kier alpha value is -4.07. The molecule has 21 nitrogen and oxygen atoms in total. The minimum Gasteiger partial charge on any atom is -0.394 e. The summed E-state index contributed by atoms with van der Waals surface area (Å²) in [6.45, 7) is -1.50. The molecule has 44 heavy (non-hydrogen) atoms. The van der Waals surface area contributed by atoms with Crippen LogP contribution in [0.3, 0.4) is 0 Å². The number of anilines is 2. The fourth-order valence-electron chi connectivity index (χ4n) is 5.17. The largest absolute Gasteiger partial charge is 0.472 e. The van der Waals surface area contributed by atoms with Crippen molar-refractivity contribution in [2.45, 2.75) is 49.1 Å². The van der Waals surface area contributed by atoms with Crippen LogP contribution in [0.1, 0.15) is 18.0 Å². The lowest BCUT2D eigenvalue weighted by Crippen LogP contribution is -2.36. The van der Waals surface area contributed by atoms with Gasteiger partial charge >= 0.3 is 7.82 Å². The van der Waals surface area contributed by atoms with E-state index < -0.39 is 75.7 Å². The molecule has 2 aliphatic heterocycles. The van der Waals surface area contributed by atoms with Crippen molar-refractivity contribution in [1.82, 2.24) is 34.1 Å². The number of hydrogen-bond acceptors (Lipinski definition) is 17. The van der Waals surface area contributed by atoms with E-state index in [1.165, 1.54) is 10.8 Å². The highest BCUT2D eigenvalue weighted by molar-refractivity contribution is 7.47. The molecule has 0 bridgehead atoms. The average Bonchev–Trinajstić information content (AvgIpc) is 3.72. The number of aromatic amines is 1. The SMILES string of the molecule is N#Cc1cn([C@@H]2O[C@H](COP(=O)(O)O[C@@H]3[C@H](O)[C@@H](CO)O[C@H]3n3cnc4c(=O)[nH]c(N)nc43)[C@@H](O)[C@H]2O)c2ncnc(N)c12. The molecule has 0 spiro atoms. The standard InChI is InChI=1S/C22H25N10O11P/c23-1-7-2-31(17-10(7)16(24)26-5-27-17)20-14(36)12(34)9(42-20)4-40-44(38,39)43-15-13(35)8(3-33)41-21(15)32-6-28-11-18(32)29-22(25)30-19(11)37/h2,5-6,8-9,12-15,20-21,33-36H,3-4H2,(H,38,39)(H2,24,26,27)(H3,25,29,30,37)/t8-,9-,12-,13-,14-,15-,20-,21-/m1/s1. The number of H-pyrrole nitrogens is 1. The first kappa shape index (κ1) is 30.0. The second kappa shape index (κ2) is 11.1. The average molecular weight is 636 g/mol. The summed E-state index contributed by atoms with van der Waals surface area (Å²) in [5.41, 5.74) is 10.8. The summed E-state index contributed by atoms with van der Waals surface area (Å²) in [6, 6.07) is 1.94. The van der Waals surface area contributed by atoms with Gasteiger partial charge in [-0.3, -0.25) is 23.4 Å². The van der Waals surface area contributed by atoms with Crippen LogP contribution >= 0.6 is 7.82 Å². The van der Waals surface area contributed by atoms with Gasteiger partial charge in [-0.05, 0) is 0 Å². The number of imidazole rings is 1. The Kier molecular flexibility index (Phi) is 7.58. The van der Waals surface area contributed by atoms with Crippen molar-refractivity contribution < 1.29 is 48.4 Å². The second-order valence-corrected chi connectivity index (χ2v) is 11.3. The zero-order valence-corrected chi connectivity index (χ0v) is 23.1. The zero-order chi connectivity index (χ0) is 31.5. The third-order valence-corrected chi connectivity index (χ3v) is 8.23. The van der Waals surface area contributed by atoms with Crippen LogP contribution < -0.4 is 17.0 Å². The lowest BCUT2D eigenvalue weighted by molar-refractivity contribution is -0.0614. The van der Waals surface area contributed by atoms with E-state index in [1.54, 1.807) is 0 Å². The number of phosphoric acid groups is 1. The number of fused-ring (bicyclic) bond motifs is 2. The number of nitrogen functional groups attached to an aromatic ring is 2. The molecule has 10 N–H and O–H groups in total. The Balaban J connectivity index is 1.20. The van der Waals surface area contributed by atoms with Gasteiger partial charge in [0.05, 0.1) is 30.5 Å². The van der Waals surface area contributed by atoms with E-state index in [-0.39, 0.29) is 39.5 Å². The predicted octanol–water partition coefficient (Wildman–Crippen LogP) is -3.03. The van der Waals surface area contributed by atoms with Crippen LogP contribution in [0.5, 0.6) is 0 Å². The number of aliphatic hydroxyl groups is 4. The smallest absolute Gasteiger partial charge is 0.394 e. The summed E-state index contributed by atoms with van der Waals surface area (Å²) >= 11 is 0. The molecule has 0 aromatic carbocycles. The van der Waals surface area contributed by atoms with Gasteiger partial charge in [0.15, 0.2) is 23.6 Å². The zero-order valence-electron chi connectivity index (χ0n) is 22.2. The predicted molar refractivity (Wildman–Crippen MR) is 143 cm³/mol. The topological polar surface area (TPSA) is 325 Å². The number of nitriles is 1. The number of nitrogens with one attached hydrogen (secondary N) is 1. The number of nitrogens with zero attached hydrogens (tertiary/aromatic N) is 7. The van der Waals surface area contributed by atoms with Crippen LogP contribution in [-0.4, -0.2) is 109 Å². The summed E-state index contributed by atoms with van der Waals surface area (Å²) in [4.78, 5) is 40.9. The second-order valence-electron chi connectivity index (χ2n) is 9.91. The van der Waals surface area contributed by atoms with Gasteiger partial charge in [-0.1, -0.05) is 0 Å². The minimum absolute atomic E-state index is 0.00569. The van der Waals surface area contributed by atoms with Crippen molar-refractivity contribution >= 4 is 41.8 Å². The maximum Gasteiger partial charge on any atom is 0.472 e. The van der Waals surface area contributed by atoms with Crippen LogP contribution in [0.4, 0.5) is 11.8 Å². The van der Waals surface area contributed by atoms with Crippen LogP contribution in [0.2, 0.25) is 0 Å². The highest BCUT2D eigenvalue weighted by atomic mass is 31.2. The van der Waals surface area contributed by atoms with Gasteiger partial charge in [0.1, 0.15) is 60.5 Å². The quantitative estimate of drug-likeness (QED) is 0.0891. The van der Waals surface area contributed by atoms with E-state index in [1.807, 2.05) is 6.07 Å². The molecule has 2 aliphatic rings. The van der Waals surface area contributed by atoms with Gasteiger partial charge < -0.3 is 50.8 Å². The van der Waals surface area contributed by atoms with Crippen molar-refractivity contribution in [2.24, 2.45) is 0 Å². The summed E-state index contributed by atoms with van der Waals surface area (Å²) < 4.78 is 37.1. The first-order valence-electron chi connectivity index (χ1n) is 12.8. The van der Waals surface area contributed by atoms with E-state index in [2.05, 4.69) is 24.9 Å². The van der Waals surface area contributed by atoms with Crippen LogP contribution in [0.15, 0.2) is 23.6 Å². The van der Waals surface area contributed by atoms with Crippen molar-refractivity contribution in [3.8, 4) is 6.07 Å². The summed E-state index contributed by atoms with van der Waals surface area (Å²) in [5, 5.41) is 51.4. The third kappa shape index (κ3) is 4.98. The Bertz CT molecular complexity index is 1870. The molecular weight excluding hydrogens is 611 g/mol. The summed E-state index contributed by atoms with van der Waals surface area (Å²) in [6.07, 6.45) is -8.45. The fourth-order valence-corrected chi connectivity index (χ4v) is 6.10. The van der Waals surface area contributed by atoms with E-state index in [4.69, 9.17) is 30.0 Å². The van der Waals surface area contributed by atoms with E-state index >= 15 is 0 Å². The highest BCUT2D eigenvalue weighted by Crippen LogP contribution is 2.50. The number of aromatic nitrogens is 7. The first-order valence-corrected chi connectivity index (χ1v) is 14.3. The molecule has 2 fully saturated rings. The number of phosphoric ester groups is 1. The Morgan fingerprint density at radius 3 is 2.55 bits per heavy atom. The molecule has 0 saturated carbocycles. The third-order valence-electron chi connectivity index (χ3n) is 7.24. The van der Waals surface area contributed by atoms with Gasteiger partial charge in [0.25, 0.3) is 5.56 Å². The van der Waals surface area contributed by atoms with Crippen molar-refractivity contribution in [3.63, 3.8) is 0 Å². The molecule has 9 atom stereocenters. The van der Waals surface area contributed by atoms with E-state index in [9.17, 15) is 39.9 Å². The Labute approximate surface area is 244 Å².